The van der Waals surface area contributed by atoms with Gasteiger partial charge in [0.15, 0.2) is 5.78 Å². The van der Waals surface area contributed by atoms with E-state index in [4.69, 9.17) is 21.4 Å². The number of hydrogen-bond donors (Lipinski definition) is 4. The van der Waals surface area contributed by atoms with Crippen molar-refractivity contribution in [3.8, 4) is 0 Å². The van der Waals surface area contributed by atoms with Crippen LogP contribution in [0.2, 0.25) is 0 Å². The second kappa shape index (κ2) is 4.32. The van der Waals surface area contributed by atoms with E-state index in [2.05, 4.69) is 0 Å². The van der Waals surface area contributed by atoms with Gasteiger partial charge in [-0.25, -0.2) is 0 Å². The summed E-state index contributed by atoms with van der Waals surface area (Å²) in [6.45, 7) is 0.460. The van der Waals surface area contributed by atoms with Gasteiger partial charge in [-0.1, -0.05) is 11.6 Å². The largest absolute Gasteiger partial charge is 0.394 e. The van der Waals surface area contributed by atoms with Gasteiger partial charge in [-0.05, 0) is 6.92 Å². The summed E-state index contributed by atoms with van der Waals surface area (Å²) in [4.78, 5) is 11.2. The Morgan fingerprint density at radius 1 is 1.40 bits per heavy atom. The molecule has 1 aliphatic rings. The normalized spacial score (nSPS) is 46.5. The van der Waals surface area contributed by atoms with Gasteiger partial charge in [-0.2, -0.15) is 0 Å². The van der Waals surface area contributed by atoms with Gasteiger partial charge in [0, 0.05) is 0 Å². The van der Waals surface area contributed by atoms with E-state index in [9.17, 15) is 20.1 Å². The molecule has 1 saturated heterocycles. The van der Waals surface area contributed by atoms with Crippen molar-refractivity contribution in [1.82, 2.24) is 0 Å². The summed E-state index contributed by atoms with van der Waals surface area (Å²) in [5.41, 5.74) is 0. The van der Waals surface area contributed by atoms with Crippen molar-refractivity contribution in [2.45, 2.75) is 36.4 Å². The monoisotopic (exact) mass is 240 g/mol. The molecule has 1 aliphatic heterocycles. The van der Waals surface area contributed by atoms with Crippen molar-refractivity contribution in [2.24, 2.45) is 0 Å². The average molecular weight is 241 g/mol. The van der Waals surface area contributed by atoms with E-state index in [0.29, 0.717) is 0 Å². The first-order valence-electron chi connectivity index (χ1n) is 4.37. The third-order valence-corrected chi connectivity index (χ3v) is 3.00. The van der Waals surface area contributed by atoms with Gasteiger partial charge in [0.05, 0.1) is 6.61 Å². The first kappa shape index (κ1) is 12.8. The lowest BCUT2D eigenvalue weighted by molar-refractivity contribution is -0.239. The zero-order valence-electron chi connectivity index (χ0n) is 8.00. The van der Waals surface area contributed by atoms with Crippen LogP contribution in [0.3, 0.4) is 0 Å². The molecule has 0 aliphatic carbocycles. The molecular weight excluding hydrogens is 228 g/mol. The Hall–Kier alpha value is -0.240. The van der Waals surface area contributed by atoms with E-state index < -0.39 is 41.9 Å². The molecule has 0 aromatic rings. The number of aliphatic hydroxyl groups excluding tert-OH is 4. The lowest BCUT2D eigenvalue weighted by atomic mass is 9.93. The molecule has 0 radical (unpaired) electrons. The minimum absolute atomic E-state index is 0.618. The number of hydrogen-bond acceptors (Lipinski definition) is 6. The van der Waals surface area contributed by atoms with Crippen LogP contribution in [-0.2, 0) is 9.53 Å². The van der Waals surface area contributed by atoms with Crippen LogP contribution >= 0.6 is 11.6 Å². The van der Waals surface area contributed by atoms with E-state index >= 15 is 0 Å². The van der Waals surface area contributed by atoms with Crippen LogP contribution < -0.4 is 0 Å². The topological polar surface area (TPSA) is 107 Å². The molecular formula is C8H13ClO6. The van der Waals surface area contributed by atoms with Crippen LogP contribution in [-0.4, -0.2) is 62.3 Å². The Labute approximate surface area is 91.0 Å². The summed E-state index contributed by atoms with van der Waals surface area (Å²) in [6.07, 6.45) is -6.08. The van der Waals surface area contributed by atoms with Crippen LogP contribution in [0.25, 0.3) is 0 Å². The van der Waals surface area contributed by atoms with E-state index in [1.807, 2.05) is 0 Å². The number of rotatable bonds is 2. The van der Waals surface area contributed by atoms with E-state index in [-0.39, 0.29) is 0 Å². The van der Waals surface area contributed by atoms with Gasteiger partial charge in [0.2, 0.25) is 5.06 Å². The molecule has 7 heteroatoms. The fraction of sp³-hybridized carbons (Fsp3) is 0.875. The zero-order chi connectivity index (χ0) is 11.8. The molecule has 15 heavy (non-hydrogen) atoms. The Kier molecular flexibility index (Phi) is 3.70. The number of carbonyl (C=O) groups excluding carboxylic acids is 1. The van der Waals surface area contributed by atoms with Gasteiger partial charge in [-0.15, -0.1) is 0 Å². The summed E-state index contributed by atoms with van der Waals surface area (Å²) < 4.78 is 4.89. The first-order valence-corrected chi connectivity index (χ1v) is 4.75. The highest BCUT2D eigenvalue weighted by Gasteiger charge is 2.55. The van der Waals surface area contributed by atoms with Gasteiger partial charge in [0.25, 0.3) is 0 Å². The van der Waals surface area contributed by atoms with Crippen LogP contribution in [0, 0.1) is 0 Å². The van der Waals surface area contributed by atoms with Crippen LogP contribution in [0.1, 0.15) is 6.92 Å². The maximum absolute atomic E-state index is 11.2. The molecule has 6 nitrogen and oxygen atoms in total. The first-order chi connectivity index (χ1) is 6.84. The van der Waals surface area contributed by atoms with Crippen molar-refractivity contribution < 1.29 is 30.0 Å². The molecule has 88 valence electrons. The van der Waals surface area contributed by atoms with E-state index in [1.165, 1.54) is 0 Å². The molecule has 0 aromatic carbocycles. The number of aliphatic hydroxyl groups is 4. The SMILES string of the molecule is CC(=O)[C@@]1(Cl)O[C@H](CO)[C@H](O)[C@H](O)[C@H]1O. The molecule has 0 saturated carbocycles. The Bertz CT molecular complexity index is 258. The second-order valence-corrected chi connectivity index (χ2v) is 4.03. The van der Waals surface area contributed by atoms with Gasteiger partial charge >= 0.3 is 0 Å². The Balaban J connectivity index is 2.97. The Morgan fingerprint density at radius 3 is 2.33 bits per heavy atom. The highest BCUT2D eigenvalue weighted by molar-refractivity contribution is 6.34. The number of Topliss-reactive ketones (excluding diaryl/α,β-unsaturated/α-hetero) is 1. The second-order valence-electron chi connectivity index (χ2n) is 3.47. The highest BCUT2D eigenvalue weighted by atomic mass is 35.5. The molecule has 4 N–H and O–H groups in total. The summed E-state index contributed by atoms with van der Waals surface area (Å²) in [7, 11) is 0. The fourth-order valence-electron chi connectivity index (χ4n) is 1.42. The molecule has 1 fully saturated rings. The third-order valence-electron chi connectivity index (χ3n) is 2.42. The Morgan fingerprint density at radius 2 is 1.93 bits per heavy atom. The molecule has 0 aromatic heterocycles. The number of ether oxygens (including phenoxy) is 1. The van der Waals surface area contributed by atoms with E-state index in [1.54, 1.807) is 0 Å². The van der Waals surface area contributed by atoms with E-state index in [0.717, 1.165) is 6.92 Å². The number of alkyl halides is 1. The zero-order valence-corrected chi connectivity index (χ0v) is 8.76. The minimum Gasteiger partial charge on any atom is -0.394 e. The molecule has 1 heterocycles. The third kappa shape index (κ3) is 2.01. The smallest absolute Gasteiger partial charge is 0.229 e. The van der Waals surface area contributed by atoms with Gasteiger partial charge in [-0.3, -0.25) is 4.79 Å². The lowest BCUT2D eigenvalue weighted by Crippen LogP contribution is -2.65. The maximum atomic E-state index is 11.2. The molecule has 0 unspecified atom stereocenters. The van der Waals surface area contributed by atoms with Crippen molar-refractivity contribution in [1.29, 1.82) is 0 Å². The predicted octanol–water partition coefficient (Wildman–Crippen LogP) is -2.02. The maximum Gasteiger partial charge on any atom is 0.229 e. The van der Waals surface area contributed by atoms with Crippen molar-refractivity contribution in [2.75, 3.05) is 6.61 Å². The molecule has 1 rings (SSSR count). The number of ketones is 1. The average Bonchev–Trinajstić information content (AvgIpc) is 2.20. The number of carbonyl (C=O) groups is 1. The van der Waals surface area contributed by atoms with Crippen molar-refractivity contribution in [3.05, 3.63) is 0 Å². The molecule has 0 amide bonds. The standard InChI is InChI=1S/C8H13ClO6/c1-3(11)8(9)7(14)6(13)5(12)4(2-10)15-8/h4-7,10,12-14H,2H2,1H3/t4-,5+,6+,7-,8-/m1/s1. The lowest BCUT2D eigenvalue weighted by Gasteiger charge is -2.43. The molecule has 0 bridgehead atoms. The van der Waals surface area contributed by atoms with Crippen LogP contribution in [0.15, 0.2) is 0 Å². The van der Waals surface area contributed by atoms with Crippen LogP contribution in [0.5, 0.6) is 0 Å². The summed E-state index contributed by atoms with van der Waals surface area (Å²) in [5, 5.41) is 35.0. The van der Waals surface area contributed by atoms with Crippen molar-refractivity contribution in [3.63, 3.8) is 0 Å². The molecule has 0 spiro atoms. The predicted molar refractivity (Wildman–Crippen MR) is 49.2 cm³/mol. The summed E-state index contributed by atoms with van der Waals surface area (Å²) >= 11 is 5.69. The summed E-state index contributed by atoms with van der Waals surface area (Å²) in [5.74, 6) is -0.707. The fourth-order valence-corrected chi connectivity index (χ4v) is 1.67. The number of halogens is 1. The van der Waals surface area contributed by atoms with Gasteiger partial charge < -0.3 is 25.2 Å². The van der Waals surface area contributed by atoms with Crippen molar-refractivity contribution >= 4 is 17.4 Å². The quantitative estimate of drug-likeness (QED) is 0.415. The van der Waals surface area contributed by atoms with Crippen LogP contribution in [0.4, 0.5) is 0 Å². The highest BCUT2D eigenvalue weighted by Crippen LogP contribution is 2.34. The summed E-state index contributed by atoms with van der Waals surface area (Å²) in [6, 6.07) is 0. The van der Waals surface area contributed by atoms with Gasteiger partial charge in [0.1, 0.15) is 24.4 Å². The minimum atomic E-state index is -2.12. The molecule has 5 atom stereocenters.